The number of ether oxygens (including phenoxy) is 1. The Bertz CT molecular complexity index is 186. The van der Waals surface area contributed by atoms with Gasteiger partial charge >= 0.3 is 0 Å². The van der Waals surface area contributed by atoms with E-state index in [2.05, 4.69) is 4.90 Å². The van der Waals surface area contributed by atoms with Gasteiger partial charge in [-0.2, -0.15) is 0 Å². The Balaban J connectivity index is 1.90. The van der Waals surface area contributed by atoms with Crippen LogP contribution in [0.5, 0.6) is 0 Å². The van der Waals surface area contributed by atoms with Gasteiger partial charge < -0.3 is 10.5 Å². The zero-order chi connectivity index (χ0) is 9.97. The molecule has 1 aliphatic heterocycles. The molecule has 2 rings (SSSR count). The van der Waals surface area contributed by atoms with E-state index in [4.69, 9.17) is 10.5 Å². The van der Waals surface area contributed by atoms with Crippen molar-refractivity contribution >= 4 is 0 Å². The molecule has 0 radical (unpaired) electrons. The summed E-state index contributed by atoms with van der Waals surface area (Å²) >= 11 is 0. The highest BCUT2D eigenvalue weighted by Gasteiger charge is 2.32. The molecular weight excluding hydrogens is 176 g/mol. The number of likely N-dealkylation sites (tertiary alicyclic amines) is 1. The van der Waals surface area contributed by atoms with Crippen LogP contribution in [-0.4, -0.2) is 43.3 Å². The molecule has 2 fully saturated rings. The quantitative estimate of drug-likeness (QED) is 0.719. The summed E-state index contributed by atoms with van der Waals surface area (Å²) in [5, 5.41) is 0. The van der Waals surface area contributed by atoms with Gasteiger partial charge in [0.05, 0.1) is 6.10 Å². The van der Waals surface area contributed by atoms with Crippen LogP contribution in [0.2, 0.25) is 0 Å². The minimum atomic E-state index is 0.408. The Labute approximate surface area is 86.6 Å². The van der Waals surface area contributed by atoms with Crippen molar-refractivity contribution in [2.24, 2.45) is 5.73 Å². The molecule has 0 aromatic rings. The highest BCUT2D eigenvalue weighted by atomic mass is 16.5. The van der Waals surface area contributed by atoms with Crippen molar-refractivity contribution in [3.05, 3.63) is 0 Å². The number of nitrogens with two attached hydrogens (primary N) is 1. The molecule has 2 aliphatic rings. The predicted octanol–water partition coefficient (Wildman–Crippen LogP) is 0.977. The summed E-state index contributed by atoms with van der Waals surface area (Å²) in [5.41, 5.74) is 6.11. The lowest BCUT2D eigenvalue weighted by Gasteiger charge is -2.37. The lowest BCUT2D eigenvalue weighted by molar-refractivity contribution is 0.0131. The molecule has 0 amide bonds. The van der Waals surface area contributed by atoms with Crippen molar-refractivity contribution in [3.8, 4) is 0 Å². The van der Waals surface area contributed by atoms with Gasteiger partial charge in [0.1, 0.15) is 0 Å². The average Bonchev–Trinajstić information content (AvgIpc) is 2.65. The smallest absolute Gasteiger partial charge is 0.0698 e. The van der Waals surface area contributed by atoms with Crippen LogP contribution >= 0.6 is 0 Å². The molecule has 3 heteroatoms. The second-order valence-electron chi connectivity index (χ2n) is 4.66. The zero-order valence-corrected chi connectivity index (χ0v) is 9.11. The van der Waals surface area contributed by atoms with Crippen LogP contribution in [0.1, 0.15) is 32.1 Å². The van der Waals surface area contributed by atoms with Crippen LogP contribution in [-0.2, 0) is 4.74 Å². The summed E-state index contributed by atoms with van der Waals surface area (Å²) in [6, 6.07) is 1.04. The molecule has 2 N–H and O–H groups in total. The minimum absolute atomic E-state index is 0.408. The third-order valence-corrected chi connectivity index (χ3v) is 3.74. The van der Waals surface area contributed by atoms with E-state index in [0.717, 1.165) is 6.54 Å². The summed E-state index contributed by atoms with van der Waals surface area (Å²) < 4.78 is 5.43. The molecule has 3 nitrogen and oxygen atoms in total. The lowest BCUT2D eigenvalue weighted by atomic mass is 10.0. The molecule has 0 aromatic carbocycles. The van der Waals surface area contributed by atoms with Crippen molar-refractivity contribution in [3.63, 3.8) is 0 Å². The van der Waals surface area contributed by atoms with Gasteiger partial charge in [-0.3, -0.25) is 4.90 Å². The van der Waals surface area contributed by atoms with Gasteiger partial charge in [0.2, 0.25) is 0 Å². The van der Waals surface area contributed by atoms with E-state index in [9.17, 15) is 0 Å². The van der Waals surface area contributed by atoms with Gasteiger partial charge in [-0.15, -0.1) is 0 Å². The van der Waals surface area contributed by atoms with E-state index < -0.39 is 0 Å². The summed E-state index contributed by atoms with van der Waals surface area (Å²) in [6.45, 7) is 2.31. The maximum Gasteiger partial charge on any atom is 0.0698 e. The fourth-order valence-corrected chi connectivity index (χ4v) is 2.88. The van der Waals surface area contributed by atoms with E-state index in [1.807, 2.05) is 7.11 Å². The monoisotopic (exact) mass is 198 g/mol. The van der Waals surface area contributed by atoms with Crippen molar-refractivity contribution < 1.29 is 4.74 Å². The van der Waals surface area contributed by atoms with Crippen LogP contribution in [0, 0.1) is 0 Å². The molecule has 3 unspecified atom stereocenters. The van der Waals surface area contributed by atoms with E-state index in [-0.39, 0.29) is 0 Å². The minimum Gasteiger partial charge on any atom is -0.380 e. The van der Waals surface area contributed by atoms with E-state index >= 15 is 0 Å². The van der Waals surface area contributed by atoms with Gasteiger partial charge in [-0.1, -0.05) is 6.42 Å². The van der Waals surface area contributed by atoms with Crippen LogP contribution < -0.4 is 5.73 Å². The maximum absolute atomic E-state index is 6.11. The Kier molecular flexibility index (Phi) is 3.42. The number of rotatable bonds is 2. The Morgan fingerprint density at radius 2 is 2.07 bits per heavy atom. The van der Waals surface area contributed by atoms with Gasteiger partial charge in [-0.05, 0) is 32.2 Å². The van der Waals surface area contributed by atoms with Gasteiger partial charge in [0, 0.05) is 25.7 Å². The van der Waals surface area contributed by atoms with Crippen molar-refractivity contribution in [2.75, 3.05) is 20.2 Å². The lowest BCUT2D eigenvalue weighted by Crippen LogP contribution is -2.50. The summed E-state index contributed by atoms with van der Waals surface area (Å²) in [6.07, 6.45) is 6.73. The topological polar surface area (TPSA) is 38.5 Å². The zero-order valence-electron chi connectivity index (χ0n) is 9.11. The van der Waals surface area contributed by atoms with Crippen molar-refractivity contribution in [1.29, 1.82) is 0 Å². The molecule has 0 spiro atoms. The number of methoxy groups -OCH3 is 1. The fraction of sp³-hybridized carbons (Fsp3) is 1.00. The fourth-order valence-electron chi connectivity index (χ4n) is 2.88. The Morgan fingerprint density at radius 1 is 1.21 bits per heavy atom. The average molecular weight is 198 g/mol. The SMILES string of the molecule is COC1CCCN(C2CCCC2N)C1. The van der Waals surface area contributed by atoms with Crippen LogP contribution in [0.3, 0.4) is 0 Å². The largest absolute Gasteiger partial charge is 0.380 e. The van der Waals surface area contributed by atoms with E-state index in [0.29, 0.717) is 18.2 Å². The van der Waals surface area contributed by atoms with Gasteiger partial charge in [0.15, 0.2) is 0 Å². The van der Waals surface area contributed by atoms with E-state index in [1.54, 1.807) is 0 Å². The third kappa shape index (κ3) is 2.10. The highest BCUT2D eigenvalue weighted by molar-refractivity contribution is 4.90. The van der Waals surface area contributed by atoms with E-state index in [1.165, 1.54) is 38.6 Å². The molecule has 1 heterocycles. The first-order valence-electron chi connectivity index (χ1n) is 5.83. The maximum atomic E-state index is 6.11. The van der Waals surface area contributed by atoms with Crippen molar-refractivity contribution in [1.82, 2.24) is 4.90 Å². The Morgan fingerprint density at radius 3 is 2.71 bits per heavy atom. The first-order chi connectivity index (χ1) is 6.81. The second kappa shape index (κ2) is 4.60. The van der Waals surface area contributed by atoms with Gasteiger partial charge in [0.25, 0.3) is 0 Å². The number of piperidine rings is 1. The molecule has 14 heavy (non-hydrogen) atoms. The molecule has 1 aliphatic carbocycles. The molecule has 1 saturated carbocycles. The standard InChI is InChI=1S/C11H22N2O/c1-14-9-4-3-7-13(8-9)11-6-2-5-10(11)12/h9-11H,2-8,12H2,1H3. The molecule has 0 aromatic heterocycles. The Hall–Kier alpha value is -0.120. The third-order valence-electron chi connectivity index (χ3n) is 3.74. The van der Waals surface area contributed by atoms with Crippen LogP contribution in [0.4, 0.5) is 0 Å². The second-order valence-corrected chi connectivity index (χ2v) is 4.66. The predicted molar refractivity (Wildman–Crippen MR) is 57.2 cm³/mol. The van der Waals surface area contributed by atoms with Gasteiger partial charge in [-0.25, -0.2) is 0 Å². The molecule has 0 bridgehead atoms. The summed E-state index contributed by atoms with van der Waals surface area (Å²) in [4.78, 5) is 2.55. The molecular formula is C11H22N2O. The molecule has 82 valence electrons. The summed E-state index contributed by atoms with van der Waals surface area (Å²) in [5.74, 6) is 0. The first-order valence-corrected chi connectivity index (χ1v) is 5.83. The molecule has 3 atom stereocenters. The highest BCUT2D eigenvalue weighted by Crippen LogP contribution is 2.26. The van der Waals surface area contributed by atoms with Crippen molar-refractivity contribution in [2.45, 2.75) is 50.3 Å². The normalized spacial score (nSPS) is 40.3. The number of hydrogen-bond acceptors (Lipinski definition) is 3. The first kappa shape index (κ1) is 10.4. The summed E-state index contributed by atoms with van der Waals surface area (Å²) in [7, 11) is 1.82. The van der Waals surface area contributed by atoms with Crippen LogP contribution in [0.15, 0.2) is 0 Å². The van der Waals surface area contributed by atoms with Crippen LogP contribution in [0.25, 0.3) is 0 Å². The molecule has 1 saturated heterocycles. The number of hydrogen-bond donors (Lipinski definition) is 1. The number of nitrogens with zero attached hydrogens (tertiary/aromatic N) is 1.